The summed E-state index contributed by atoms with van der Waals surface area (Å²) in [6.45, 7) is 1.65. The molecule has 1 aliphatic heterocycles. The van der Waals surface area contributed by atoms with Crippen LogP contribution in [0.4, 0.5) is 22.0 Å². The fourth-order valence-electron chi connectivity index (χ4n) is 6.02. The predicted molar refractivity (Wildman–Crippen MR) is 186 cm³/mol. The van der Waals surface area contributed by atoms with Gasteiger partial charge in [0, 0.05) is 28.7 Å². The molecule has 53 heavy (non-hydrogen) atoms. The van der Waals surface area contributed by atoms with Crippen molar-refractivity contribution in [2.45, 2.75) is 43.5 Å². The molecular weight excluding hydrogens is 717 g/mol. The third kappa shape index (κ3) is 8.13. The van der Waals surface area contributed by atoms with Crippen molar-refractivity contribution in [3.05, 3.63) is 160 Å². The minimum absolute atomic E-state index is 0.0996. The van der Waals surface area contributed by atoms with Gasteiger partial charge in [0.15, 0.2) is 29.6 Å². The summed E-state index contributed by atoms with van der Waals surface area (Å²) in [6.07, 6.45) is -1.52. The molecular formula is C40H32F5NO6S. The fraction of sp³-hybridized carbons (Fsp3) is 0.200. The number of benzene rings is 5. The predicted octanol–water partition coefficient (Wildman–Crippen LogP) is 8.75. The highest BCUT2D eigenvalue weighted by molar-refractivity contribution is 7.99. The normalized spacial score (nSPS) is 18.5. The van der Waals surface area contributed by atoms with E-state index in [1.54, 1.807) is 48.5 Å². The average molecular weight is 750 g/mol. The first kappa shape index (κ1) is 37.7. The molecule has 5 aromatic rings. The Bertz CT molecular complexity index is 2100. The van der Waals surface area contributed by atoms with E-state index in [2.05, 4.69) is 5.32 Å². The largest absolute Gasteiger partial charge is 0.478 e. The number of carbonyl (C=O) groups excluding carboxylic acids is 1. The van der Waals surface area contributed by atoms with Gasteiger partial charge in [0.2, 0.25) is 5.82 Å². The number of hydrogen-bond donors (Lipinski definition) is 3. The van der Waals surface area contributed by atoms with E-state index in [9.17, 15) is 41.8 Å². The molecule has 13 heteroatoms. The average Bonchev–Trinajstić information content (AvgIpc) is 3.18. The van der Waals surface area contributed by atoms with Crippen LogP contribution in [-0.4, -0.2) is 33.9 Å². The van der Waals surface area contributed by atoms with Gasteiger partial charge in [0.05, 0.1) is 24.4 Å². The zero-order valence-corrected chi connectivity index (χ0v) is 28.8. The van der Waals surface area contributed by atoms with Crippen LogP contribution in [0.3, 0.4) is 0 Å². The standard InChI is InChI=1S/C40H32F5NO6S/c1-21-29(20-53-30-8-3-2-7-28(30)39(49)50)51-40(52-37(21)25-11-9-22(19-47)10-12-25)26-15-13-24(14-16-26)27-6-4-5-23(17-27)18-46-38(48)31-32(41)34(43)36(45)35(44)33(31)42/h2-17,21,29,37,40,47H,18-20H2,1H3,(H,46,48)(H,49,50)/t21-,29+,37+,40+/m0/s1. The summed E-state index contributed by atoms with van der Waals surface area (Å²) < 4.78 is 82.0. The number of nitrogens with one attached hydrogen (secondary N) is 1. The highest BCUT2D eigenvalue weighted by Crippen LogP contribution is 2.43. The molecule has 1 aliphatic rings. The number of carboxylic acids is 1. The van der Waals surface area contributed by atoms with E-state index in [4.69, 9.17) is 9.47 Å². The van der Waals surface area contributed by atoms with Gasteiger partial charge in [-0.3, -0.25) is 4.79 Å². The molecule has 1 saturated heterocycles. The van der Waals surface area contributed by atoms with Crippen molar-refractivity contribution in [3.63, 3.8) is 0 Å². The lowest BCUT2D eigenvalue weighted by Gasteiger charge is -2.41. The van der Waals surface area contributed by atoms with Gasteiger partial charge in [-0.15, -0.1) is 11.8 Å². The van der Waals surface area contributed by atoms with Gasteiger partial charge in [0.25, 0.3) is 5.91 Å². The van der Waals surface area contributed by atoms with Crippen molar-refractivity contribution in [2.75, 3.05) is 5.75 Å². The van der Waals surface area contributed by atoms with Gasteiger partial charge in [0.1, 0.15) is 5.56 Å². The summed E-state index contributed by atoms with van der Waals surface area (Å²) >= 11 is 1.39. The van der Waals surface area contributed by atoms with Crippen LogP contribution in [0.5, 0.6) is 0 Å². The Labute approximate surface area is 305 Å². The number of aliphatic hydroxyl groups is 1. The Morgan fingerprint density at radius 2 is 1.38 bits per heavy atom. The van der Waals surface area contributed by atoms with Crippen LogP contribution in [0.1, 0.15) is 62.3 Å². The van der Waals surface area contributed by atoms with Gasteiger partial charge >= 0.3 is 5.97 Å². The minimum atomic E-state index is -2.35. The summed E-state index contributed by atoms with van der Waals surface area (Å²) in [5.74, 6) is -13.4. The maximum absolute atomic E-state index is 14.1. The van der Waals surface area contributed by atoms with Crippen molar-refractivity contribution in [1.29, 1.82) is 0 Å². The van der Waals surface area contributed by atoms with E-state index in [1.807, 2.05) is 55.5 Å². The minimum Gasteiger partial charge on any atom is -0.478 e. The number of rotatable bonds is 11. The molecule has 274 valence electrons. The van der Waals surface area contributed by atoms with Crippen molar-refractivity contribution in [3.8, 4) is 11.1 Å². The van der Waals surface area contributed by atoms with E-state index < -0.39 is 58.9 Å². The Morgan fingerprint density at radius 1 is 0.736 bits per heavy atom. The highest BCUT2D eigenvalue weighted by atomic mass is 32.2. The van der Waals surface area contributed by atoms with Gasteiger partial charge < -0.3 is 25.0 Å². The summed E-state index contributed by atoms with van der Waals surface area (Å²) in [6, 6.07) is 28.4. The maximum Gasteiger partial charge on any atom is 0.336 e. The molecule has 1 heterocycles. The number of amides is 1. The maximum atomic E-state index is 14.1. The third-order valence-electron chi connectivity index (χ3n) is 8.98. The van der Waals surface area contributed by atoms with Gasteiger partial charge in [-0.1, -0.05) is 85.8 Å². The second kappa shape index (κ2) is 16.3. The van der Waals surface area contributed by atoms with Crippen LogP contribution in [-0.2, 0) is 22.6 Å². The molecule has 6 rings (SSSR count). The number of aliphatic hydroxyl groups excluding tert-OH is 1. The second-order valence-corrected chi connectivity index (χ2v) is 13.4. The van der Waals surface area contributed by atoms with Crippen molar-refractivity contribution in [2.24, 2.45) is 5.92 Å². The first-order valence-electron chi connectivity index (χ1n) is 16.4. The summed E-state index contributed by atoms with van der Waals surface area (Å²) in [5, 5.41) is 21.4. The molecule has 0 bridgehead atoms. The van der Waals surface area contributed by atoms with Crippen LogP contribution in [0.25, 0.3) is 11.1 Å². The number of carboxylic acid groups (broad SMARTS) is 1. The van der Waals surface area contributed by atoms with Crippen molar-refractivity contribution < 1.29 is 51.2 Å². The third-order valence-corrected chi connectivity index (χ3v) is 10.1. The molecule has 0 aromatic heterocycles. The number of hydrogen-bond acceptors (Lipinski definition) is 6. The molecule has 0 saturated carbocycles. The second-order valence-electron chi connectivity index (χ2n) is 12.4. The first-order valence-corrected chi connectivity index (χ1v) is 17.4. The Balaban J connectivity index is 1.19. The van der Waals surface area contributed by atoms with Crippen LogP contribution in [0.2, 0.25) is 0 Å². The number of halogens is 5. The number of carbonyl (C=O) groups is 2. The molecule has 0 aliphatic carbocycles. The molecule has 7 nitrogen and oxygen atoms in total. The zero-order valence-electron chi connectivity index (χ0n) is 28.0. The highest BCUT2D eigenvalue weighted by Gasteiger charge is 2.38. The Hall–Kier alpha value is -5.08. The van der Waals surface area contributed by atoms with Crippen LogP contribution in [0.15, 0.2) is 102 Å². The van der Waals surface area contributed by atoms with E-state index in [0.717, 1.165) is 16.7 Å². The number of thioether (sulfide) groups is 1. The monoisotopic (exact) mass is 749 g/mol. The SMILES string of the molecule is C[C@H]1[C@@H](CSc2ccccc2C(=O)O)O[C@@H](c2ccc(-c3cccc(CNC(=O)c4c(F)c(F)c(F)c(F)c4F)c3)cc2)O[C@H]1c1ccc(CO)cc1. The first-order chi connectivity index (χ1) is 25.5. The van der Waals surface area contributed by atoms with Gasteiger partial charge in [-0.05, 0) is 46.0 Å². The molecule has 0 spiro atoms. The van der Waals surface area contributed by atoms with E-state index in [1.165, 1.54) is 11.8 Å². The Morgan fingerprint density at radius 3 is 2.04 bits per heavy atom. The lowest BCUT2D eigenvalue weighted by atomic mass is 9.91. The van der Waals surface area contributed by atoms with Gasteiger partial charge in [-0.25, -0.2) is 26.7 Å². The van der Waals surface area contributed by atoms with Gasteiger partial charge in [-0.2, -0.15) is 0 Å². The van der Waals surface area contributed by atoms with Crippen LogP contribution >= 0.6 is 11.8 Å². The quantitative estimate of drug-likeness (QED) is 0.0537. The topological polar surface area (TPSA) is 105 Å². The summed E-state index contributed by atoms with van der Waals surface area (Å²) in [5.41, 5.74) is 2.97. The zero-order chi connectivity index (χ0) is 37.8. The molecule has 0 unspecified atom stereocenters. The lowest BCUT2D eigenvalue weighted by Crippen LogP contribution is -2.38. The molecule has 4 atom stereocenters. The summed E-state index contributed by atoms with van der Waals surface area (Å²) in [4.78, 5) is 24.9. The van der Waals surface area contributed by atoms with Crippen molar-refractivity contribution in [1.82, 2.24) is 5.32 Å². The number of ether oxygens (including phenoxy) is 2. The molecule has 0 radical (unpaired) electrons. The summed E-state index contributed by atoms with van der Waals surface area (Å²) in [7, 11) is 0. The number of aromatic carboxylic acids is 1. The van der Waals surface area contributed by atoms with E-state index in [0.29, 0.717) is 27.3 Å². The smallest absolute Gasteiger partial charge is 0.336 e. The van der Waals surface area contributed by atoms with E-state index in [-0.39, 0.29) is 30.7 Å². The molecule has 3 N–H and O–H groups in total. The molecule has 1 amide bonds. The van der Waals surface area contributed by atoms with Crippen LogP contribution < -0.4 is 5.32 Å². The Kier molecular flexibility index (Phi) is 11.6. The fourth-order valence-corrected chi connectivity index (χ4v) is 7.23. The molecule has 5 aromatic carbocycles. The van der Waals surface area contributed by atoms with E-state index >= 15 is 0 Å². The van der Waals surface area contributed by atoms with Crippen molar-refractivity contribution >= 4 is 23.6 Å². The lowest BCUT2D eigenvalue weighted by molar-refractivity contribution is -0.268. The molecule has 1 fully saturated rings. The van der Waals surface area contributed by atoms with Crippen LogP contribution in [0, 0.1) is 35.0 Å².